The number of hydrogen-bond acceptors (Lipinski definition) is 4. The lowest BCUT2D eigenvalue weighted by Crippen LogP contribution is -2.44. The predicted molar refractivity (Wildman–Crippen MR) is 75.3 cm³/mol. The van der Waals surface area contributed by atoms with Gasteiger partial charge in [0.1, 0.15) is 0 Å². The molecule has 106 valence electrons. The molecule has 0 aromatic carbocycles. The highest BCUT2D eigenvalue weighted by molar-refractivity contribution is 5.17. The molecule has 0 saturated carbocycles. The van der Waals surface area contributed by atoms with E-state index < -0.39 is 0 Å². The molecule has 1 aliphatic rings. The van der Waals surface area contributed by atoms with E-state index in [2.05, 4.69) is 30.2 Å². The minimum absolute atomic E-state index is 0.0358. The SMILES string of the molecule is CCC1(C)CC(NCc2ccc(OC)nc2)CCO1. The molecule has 2 unspecified atom stereocenters. The molecule has 4 nitrogen and oxygen atoms in total. The summed E-state index contributed by atoms with van der Waals surface area (Å²) in [7, 11) is 1.63. The van der Waals surface area contributed by atoms with Crippen molar-refractivity contribution in [2.75, 3.05) is 13.7 Å². The van der Waals surface area contributed by atoms with Crippen molar-refractivity contribution in [2.45, 2.75) is 51.3 Å². The Morgan fingerprint density at radius 1 is 1.53 bits per heavy atom. The molecule has 1 aromatic rings. The van der Waals surface area contributed by atoms with Gasteiger partial charge >= 0.3 is 0 Å². The average molecular weight is 264 g/mol. The van der Waals surface area contributed by atoms with Gasteiger partial charge in [0, 0.05) is 31.5 Å². The van der Waals surface area contributed by atoms with E-state index in [0.717, 1.165) is 32.4 Å². The number of aromatic nitrogens is 1. The van der Waals surface area contributed by atoms with Crippen molar-refractivity contribution in [1.82, 2.24) is 10.3 Å². The molecule has 0 radical (unpaired) electrons. The zero-order valence-corrected chi connectivity index (χ0v) is 12.1. The summed E-state index contributed by atoms with van der Waals surface area (Å²) in [4.78, 5) is 4.22. The van der Waals surface area contributed by atoms with E-state index in [1.165, 1.54) is 5.56 Å². The Balaban J connectivity index is 1.84. The molecular weight excluding hydrogens is 240 g/mol. The summed E-state index contributed by atoms with van der Waals surface area (Å²) in [6, 6.07) is 4.48. The molecule has 2 atom stereocenters. The van der Waals surface area contributed by atoms with Crippen LogP contribution in [0, 0.1) is 0 Å². The van der Waals surface area contributed by atoms with Crippen molar-refractivity contribution in [3.8, 4) is 5.88 Å². The van der Waals surface area contributed by atoms with Gasteiger partial charge in [-0.05, 0) is 31.7 Å². The van der Waals surface area contributed by atoms with Crippen molar-refractivity contribution < 1.29 is 9.47 Å². The molecule has 0 aliphatic carbocycles. The van der Waals surface area contributed by atoms with E-state index in [-0.39, 0.29) is 5.60 Å². The summed E-state index contributed by atoms with van der Waals surface area (Å²) >= 11 is 0. The van der Waals surface area contributed by atoms with Crippen molar-refractivity contribution >= 4 is 0 Å². The number of methoxy groups -OCH3 is 1. The van der Waals surface area contributed by atoms with Crippen molar-refractivity contribution in [2.24, 2.45) is 0 Å². The molecule has 0 spiro atoms. The van der Waals surface area contributed by atoms with Gasteiger partial charge in [-0.15, -0.1) is 0 Å². The number of ether oxygens (including phenoxy) is 2. The summed E-state index contributed by atoms with van der Waals surface area (Å²) < 4.78 is 10.9. The Morgan fingerprint density at radius 3 is 3.00 bits per heavy atom. The third-order valence-electron chi connectivity index (χ3n) is 3.94. The summed E-state index contributed by atoms with van der Waals surface area (Å²) in [5.74, 6) is 0.661. The van der Waals surface area contributed by atoms with E-state index >= 15 is 0 Å². The van der Waals surface area contributed by atoms with Crippen LogP contribution in [0.5, 0.6) is 5.88 Å². The first-order chi connectivity index (χ1) is 9.15. The number of pyridine rings is 1. The first kappa shape index (κ1) is 14.3. The van der Waals surface area contributed by atoms with Crippen LogP contribution in [-0.2, 0) is 11.3 Å². The maximum atomic E-state index is 5.86. The molecule has 4 heteroatoms. The fourth-order valence-corrected chi connectivity index (χ4v) is 2.45. The van der Waals surface area contributed by atoms with Gasteiger partial charge in [0.2, 0.25) is 5.88 Å². The maximum absolute atomic E-state index is 5.86. The van der Waals surface area contributed by atoms with Crippen LogP contribution in [0.3, 0.4) is 0 Å². The van der Waals surface area contributed by atoms with Crippen molar-refractivity contribution in [3.63, 3.8) is 0 Å². The van der Waals surface area contributed by atoms with E-state index in [4.69, 9.17) is 9.47 Å². The van der Waals surface area contributed by atoms with Gasteiger partial charge in [0.15, 0.2) is 0 Å². The Morgan fingerprint density at radius 2 is 2.37 bits per heavy atom. The topological polar surface area (TPSA) is 43.4 Å². The minimum atomic E-state index is 0.0358. The van der Waals surface area contributed by atoms with Gasteiger partial charge < -0.3 is 14.8 Å². The molecular formula is C15H24N2O2. The third kappa shape index (κ3) is 3.91. The van der Waals surface area contributed by atoms with Crippen LogP contribution in [0.4, 0.5) is 0 Å². The van der Waals surface area contributed by atoms with Crippen LogP contribution in [-0.4, -0.2) is 30.3 Å². The standard InChI is InChI=1S/C15H24N2O2/c1-4-15(2)9-13(7-8-19-15)16-10-12-5-6-14(18-3)17-11-12/h5-6,11,13,16H,4,7-10H2,1-3H3. The molecule has 1 N–H and O–H groups in total. The Kier molecular flexibility index (Phi) is 4.77. The second kappa shape index (κ2) is 6.35. The summed E-state index contributed by atoms with van der Waals surface area (Å²) in [5, 5.41) is 3.60. The molecule has 1 aromatic heterocycles. The zero-order chi connectivity index (χ0) is 13.7. The van der Waals surface area contributed by atoms with E-state index in [1.54, 1.807) is 7.11 Å². The summed E-state index contributed by atoms with van der Waals surface area (Å²) in [6.07, 6.45) is 5.09. The largest absolute Gasteiger partial charge is 0.481 e. The Hall–Kier alpha value is -1.13. The van der Waals surface area contributed by atoms with Crippen LogP contribution in [0.1, 0.15) is 38.7 Å². The summed E-state index contributed by atoms with van der Waals surface area (Å²) in [5.41, 5.74) is 1.22. The Labute approximate surface area is 115 Å². The van der Waals surface area contributed by atoms with Gasteiger partial charge in [-0.3, -0.25) is 0 Å². The molecule has 1 fully saturated rings. The number of hydrogen-bond donors (Lipinski definition) is 1. The molecule has 19 heavy (non-hydrogen) atoms. The van der Waals surface area contributed by atoms with Crippen LogP contribution in [0.25, 0.3) is 0 Å². The summed E-state index contributed by atoms with van der Waals surface area (Å²) in [6.45, 7) is 6.09. The van der Waals surface area contributed by atoms with Crippen LogP contribution in [0.15, 0.2) is 18.3 Å². The monoisotopic (exact) mass is 264 g/mol. The van der Waals surface area contributed by atoms with Crippen LogP contribution >= 0.6 is 0 Å². The molecule has 2 rings (SSSR count). The van der Waals surface area contributed by atoms with Gasteiger partial charge in [-0.1, -0.05) is 13.0 Å². The molecule has 1 saturated heterocycles. The molecule has 1 aliphatic heterocycles. The maximum Gasteiger partial charge on any atom is 0.212 e. The lowest BCUT2D eigenvalue weighted by Gasteiger charge is -2.38. The van der Waals surface area contributed by atoms with Crippen molar-refractivity contribution in [3.05, 3.63) is 23.9 Å². The normalized spacial score (nSPS) is 27.2. The van der Waals surface area contributed by atoms with Gasteiger partial charge in [-0.25, -0.2) is 4.98 Å². The quantitative estimate of drug-likeness (QED) is 0.887. The van der Waals surface area contributed by atoms with Gasteiger partial charge in [0.05, 0.1) is 12.7 Å². The molecule has 0 bridgehead atoms. The fourth-order valence-electron chi connectivity index (χ4n) is 2.45. The molecule has 2 heterocycles. The Bertz CT molecular complexity index is 394. The first-order valence-corrected chi connectivity index (χ1v) is 7.01. The number of nitrogens with one attached hydrogen (secondary N) is 1. The fraction of sp³-hybridized carbons (Fsp3) is 0.667. The smallest absolute Gasteiger partial charge is 0.212 e. The number of nitrogens with zero attached hydrogens (tertiary/aromatic N) is 1. The van der Waals surface area contributed by atoms with Crippen LogP contribution in [0.2, 0.25) is 0 Å². The lowest BCUT2D eigenvalue weighted by molar-refractivity contribution is -0.0781. The highest BCUT2D eigenvalue weighted by Crippen LogP contribution is 2.27. The van der Waals surface area contributed by atoms with Crippen molar-refractivity contribution in [1.29, 1.82) is 0 Å². The highest BCUT2D eigenvalue weighted by atomic mass is 16.5. The third-order valence-corrected chi connectivity index (χ3v) is 3.94. The second-order valence-corrected chi connectivity index (χ2v) is 5.43. The van der Waals surface area contributed by atoms with E-state index in [0.29, 0.717) is 11.9 Å². The van der Waals surface area contributed by atoms with Gasteiger partial charge in [0.25, 0.3) is 0 Å². The zero-order valence-electron chi connectivity index (χ0n) is 12.1. The second-order valence-electron chi connectivity index (χ2n) is 5.43. The lowest BCUT2D eigenvalue weighted by atomic mass is 9.90. The predicted octanol–water partition coefficient (Wildman–Crippen LogP) is 2.53. The highest BCUT2D eigenvalue weighted by Gasteiger charge is 2.31. The van der Waals surface area contributed by atoms with Crippen LogP contribution < -0.4 is 10.1 Å². The number of rotatable bonds is 5. The molecule has 0 amide bonds. The average Bonchev–Trinajstić information content (AvgIpc) is 2.46. The van der Waals surface area contributed by atoms with Gasteiger partial charge in [-0.2, -0.15) is 0 Å². The minimum Gasteiger partial charge on any atom is -0.481 e. The first-order valence-electron chi connectivity index (χ1n) is 7.01. The van der Waals surface area contributed by atoms with E-state index in [1.807, 2.05) is 12.3 Å². The van der Waals surface area contributed by atoms with E-state index in [9.17, 15) is 0 Å².